The van der Waals surface area contributed by atoms with Crippen molar-refractivity contribution in [3.8, 4) is 0 Å². The number of benzene rings is 1. The van der Waals surface area contributed by atoms with Gasteiger partial charge < -0.3 is 0 Å². The first-order chi connectivity index (χ1) is 9.22. The number of rotatable bonds is 1. The van der Waals surface area contributed by atoms with Crippen molar-refractivity contribution in [3.05, 3.63) is 34.9 Å². The van der Waals surface area contributed by atoms with Crippen LogP contribution in [-0.2, 0) is 6.42 Å². The molecular formula is C17H18O2. The second kappa shape index (κ2) is 3.78. The minimum Gasteiger partial charge on any atom is -0.294 e. The van der Waals surface area contributed by atoms with Gasteiger partial charge in [-0.05, 0) is 43.1 Å². The van der Waals surface area contributed by atoms with E-state index in [-0.39, 0.29) is 23.4 Å². The van der Waals surface area contributed by atoms with Crippen LogP contribution in [0.3, 0.4) is 0 Å². The summed E-state index contributed by atoms with van der Waals surface area (Å²) in [5.74, 6) is 1.48. The number of aryl methyl sites for hydroxylation is 1. The van der Waals surface area contributed by atoms with Crippen molar-refractivity contribution in [3.63, 3.8) is 0 Å². The lowest BCUT2D eigenvalue weighted by atomic mass is 9.66. The van der Waals surface area contributed by atoms with Crippen LogP contribution in [0.5, 0.6) is 0 Å². The minimum absolute atomic E-state index is 0.00542. The van der Waals surface area contributed by atoms with Crippen LogP contribution in [0.25, 0.3) is 0 Å². The van der Waals surface area contributed by atoms with Gasteiger partial charge in [-0.2, -0.15) is 0 Å². The molecule has 0 spiro atoms. The van der Waals surface area contributed by atoms with Crippen molar-refractivity contribution in [2.45, 2.75) is 32.6 Å². The normalized spacial score (nSPS) is 35.4. The Hall–Kier alpha value is -1.44. The number of hydrogen-bond acceptors (Lipinski definition) is 2. The Morgan fingerprint density at radius 1 is 1.05 bits per heavy atom. The fraction of sp³-hybridized carbons (Fsp3) is 0.529. The van der Waals surface area contributed by atoms with E-state index in [2.05, 4.69) is 6.92 Å². The molecule has 0 N–H and O–H groups in total. The Morgan fingerprint density at radius 3 is 2.42 bits per heavy atom. The Labute approximate surface area is 113 Å². The van der Waals surface area contributed by atoms with Crippen molar-refractivity contribution < 1.29 is 9.59 Å². The molecule has 2 fully saturated rings. The molecule has 0 amide bonds. The van der Waals surface area contributed by atoms with Crippen LogP contribution in [-0.4, -0.2) is 11.6 Å². The van der Waals surface area contributed by atoms with Crippen molar-refractivity contribution in [2.75, 3.05) is 0 Å². The van der Waals surface area contributed by atoms with Crippen molar-refractivity contribution >= 4 is 11.6 Å². The third kappa shape index (κ3) is 1.32. The Bertz CT molecular complexity index is 587. The van der Waals surface area contributed by atoms with Gasteiger partial charge in [0.15, 0.2) is 11.6 Å². The molecule has 4 rings (SSSR count). The molecule has 2 saturated carbocycles. The molecule has 98 valence electrons. The first kappa shape index (κ1) is 11.4. The molecule has 19 heavy (non-hydrogen) atoms. The van der Waals surface area contributed by atoms with Crippen LogP contribution in [0.2, 0.25) is 0 Å². The average Bonchev–Trinajstić information content (AvgIpc) is 3.04. The zero-order valence-corrected chi connectivity index (χ0v) is 11.2. The summed E-state index contributed by atoms with van der Waals surface area (Å²) in [5, 5.41) is 0. The Morgan fingerprint density at radius 2 is 1.74 bits per heavy atom. The Balaban J connectivity index is 1.92. The maximum absolute atomic E-state index is 12.9. The van der Waals surface area contributed by atoms with Crippen molar-refractivity contribution in [2.24, 2.45) is 23.7 Å². The summed E-state index contributed by atoms with van der Waals surface area (Å²) in [5.41, 5.74) is 2.51. The van der Waals surface area contributed by atoms with Gasteiger partial charge in [-0.25, -0.2) is 0 Å². The maximum atomic E-state index is 12.9. The summed E-state index contributed by atoms with van der Waals surface area (Å²) < 4.78 is 0. The second-order valence-corrected chi connectivity index (χ2v) is 6.31. The summed E-state index contributed by atoms with van der Waals surface area (Å²) in [4.78, 5) is 25.6. The Kier molecular flexibility index (Phi) is 2.27. The first-order valence-corrected chi connectivity index (χ1v) is 7.42. The van der Waals surface area contributed by atoms with E-state index in [1.165, 1.54) is 0 Å². The van der Waals surface area contributed by atoms with Crippen LogP contribution in [0.4, 0.5) is 0 Å². The van der Waals surface area contributed by atoms with Crippen molar-refractivity contribution in [1.29, 1.82) is 0 Å². The summed E-state index contributed by atoms with van der Waals surface area (Å²) in [6.07, 6.45) is 4.22. The molecule has 4 atom stereocenters. The fourth-order valence-electron chi connectivity index (χ4n) is 4.78. The third-order valence-electron chi connectivity index (χ3n) is 5.57. The van der Waals surface area contributed by atoms with Crippen LogP contribution < -0.4 is 0 Å². The first-order valence-electron chi connectivity index (χ1n) is 7.42. The summed E-state index contributed by atoms with van der Waals surface area (Å²) in [6.45, 7) is 2.06. The molecule has 0 aliphatic heterocycles. The van der Waals surface area contributed by atoms with Crippen LogP contribution >= 0.6 is 0 Å². The number of carbonyl (C=O) groups is 2. The van der Waals surface area contributed by atoms with Gasteiger partial charge in [0.1, 0.15) is 0 Å². The van der Waals surface area contributed by atoms with E-state index >= 15 is 0 Å². The van der Waals surface area contributed by atoms with E-state index in [9.17, 15) is 9.59 Å². The van der Waals surface area contributed by atoms with Gasteiger partial charge >= 0.3 is 0 Å². The predicted octanol–water partition coefficient (Wildman–Crippen LogP) is 3.29. The van der Waals surface area contributed by atoms with Gasteiger partial charge in [-0.1, -0.05) is 25.1 Å². The molecule has 2 bridgehead atoms. The van der Waals surface area contributed by atoms with Crippen LogP contribution in [0.15, 0.2) is 18.2 Å². The standard InChI is InChI=1S/C17H18O2/c1-2-9-4-3-5-12-13(9)17(19)15-11-7-6-10(8-11)14(15)16(12)18/h3-5,10-11,14-15H,2,6-8H2,1H3. The number of carbonyl (C=O) groups excluding carboxylic acids is 2. The molecule has 3 aliphatic rings. The van der Waals surface area contributed by atoms with E-state index in [4.69, 9.17) is 0 Å². The van der Waals surface area contributed by atoms with Gasteiger partial charge in [0, 0.05) is 23.0 Å². The molecule has 1 aromatic carbocycles. The zero-order chi connectivity index (χ0) is 13.1. The molecule has 0 saturated heterocycles. The van der Waals surface area contributed by atoms with Gasteiger partial charge in [-0.3, -0.25) is 9.59 Å². The van der Waals surface area contributed by atoms with Gasteiger partial charge in [0.2, 0.25) is 0 Å². The second-order valence-electron chi connectivity index (χ2n) is 6.31. The highest BCUT2D eigenvalue weighted by Gasteiger charge is 2.56. The van der Waals surface area contributed by atoms with E-state index in [1.54, 1.807) is 0 Å². The molecule has 1 aromatic rings. The van der Waals surface area contributed by atoms with E-state index < -0.39 is 0 Å². The number of fused-ring (bicyclic) bond motifs is 6. The lowest BCUT2D eigenvalue weighted by molar-refractivity contribution is 0.0660. The molecule has 0 radical (unpaired) electrons. The molecule has 2 nitrogen and oxygen atoms in total. The maximum Gasteiger partial charge on any atom is 0.167 e. The van der Waals surface area contributed by atoms with Crippen LogP contribution in [0.1, 0.15) is 52.5 Å². The molecular weight excluding hydrogens is 236 g/mol. The fourth-order valence-corrected chi connectivity index (χ4v) is 4.78. The van der Waals surface area contributed by atoms with Gasteiger partial charge in [-0.15, -0.1) is 0 Å². The smallest absolute Gasteiger partial charge is 0.167 e. The summed E-state index contributed by atoms with van der Waals surface area (Å²) in [6, 6.07) is 5.78. The topological polar surface area (TPSA) is 34.1 Å². The number of Topliss-reactive ketones (excluding diaryl/α,β-unsaturated/α-hetero) is 2. The number of ketones is 2. The SMILES string of the molecule is CCc1cccc2c1C(=O)C1C3CCC(C3)C1C2=O. The molecule has 3 aliphatic carbocycles. The highest BCUT2D eigenvalue weighted by Crippen LogP contribution is 2.56. The van der Waals surface area contributed by atoms with Gasteiger partial charge in [0.25, 0.3) is 0 Å². The molecule has 0 heterocycles. The van der Waals surface area contributed by atoms with Crippen molar-refractivity contribution in [1.82, 2.24) is 0 Å². The molecule has 0 aromatic heterocycles. The molecule has 4 unspecified atom stereocenters. The highest BCUT2D eigenvalue weighted by atomic mass is 16.1. The average molecular weight is 254 g/mol. The van der Waals surface area contributed by atoms with Gasteiger partial charge in [0.05, 0.1) is 0 Å². The summed E-state index contributed by atoms with van der Waals surface area (Å²) in [7, 11) is 0. The number of hydrogen-bond donors (Lipinski definition) is 0. The van der Waals surface area contributed by atoms with E-state index in [0.717, 1.165) is 36.8 Å². The van der Waals surface area contributed by atoms with E-state index in [0.29, 0.717) is 17.4 Å². The summed E-state index contributed by atoms with van der Waals surface area (Å²) >= 11 is 0. The third-order valence-corrected chi connectivity index (χ3v) is 5.57. The largest absolute Gasteiger partial charge is 0.294 e. The quantitative estimate of drug-likeness (QED) is 0.770. The lowest BCUT2D eigenvalue weighted by Crippen LogP contribution is -2.40. The lowest BCUT2D eigenvalue weighted by Gasteiger charge is -2.34. The van der Waals surface area contributed by atoms with E-state index in [1.807, 2.05) is 18.2 Å². The van der Waals surface area contributed by atoms with Crippen LogP contribution in [0, 0.1) is 23.7 Å². The predicted molar refractivity (Wildman–Crippen MR) is 72.3 cm³/mol. The zero-order valence-electron chi connectivity index (χ0n) is 11.2. The minimum atomic E-state index is 0.00542. The highest BCUT2D eigenvalue weighted by molar-refractivity contribution is 6.17. The monoisotopic (exact) mass is 254 g/mol. The molecule has 2 heteroatoms.